The van der Waals surface area contributed by atoms with Crippen molar-refractivity contribution < 1.29 is 4.74 Å². The third-order valence-corrected chi connectivity index (χ3v) is 4.22. The zero-order valence-electron chi connectivity index (χ0n) is 13.6. The van der Waals surface area contributed by atoms with Gasteiger partial charge in [0.05, 0.1) is 6.61 Å². The van der Waals surface area contributed by atoms with Crippen LogP contribution < -0.4 is 10.1 Å². The molecule has 1 atom stereocenters. The van der Waals surface area contributed by atoms with E-state index in [9.17, 15) is 0 Å². The Labute approximate surface area is 129 Å². The highest BCUT2D eigenvalue weighted by atomic mass is 16.5. The lowest BCUT2D eigenvalue weighted by Gasteiger charge is -2.29. The Bertz CT molecular complexity index is 402. The molecule has 0 radical (unpaired) electrons. The van der Waals surface area contributed by atoms with Crippen LogP contribution in [0.25, 0.3) is 0 Å². The smallest absolute Gasteiger partial charge is 0.119 e. The average molecular weight is 290 g/mol. The molecule has 1 aromatic rings. The molecule has 1 heterocycles. The minimum atomic E-state index is 0.691. The highest BCUT2D eigenvalue weighted by molar-refractivity contribution is 5.27. The molecule has 1 aliphatic rings. The quantitative estimate of drug-likeness (QED) is 0.744. The van der Waals surface area contributed by atoms with E-state index in [1.54, 1.807) is 0 Å². The molecule has 1 N–H and O–H groups in total. The van der Waals surface area contributed by atoms with E-state index in [-0.39, 0.29) is 0 Å². The number of benzene rings is 1. The lowest BCUT2D eigenvalue weighted by Crippen LogP contribution is -2.44. The van der Waals surface area contributed by atoms with Gasteiger partial charge in [-0.25, -0.2) is 0 Å². The van der Waals surface area contributed by atoms with Crippen molar-refractivity contribution in [1.82, 2.24) is 10.2 Å². The first-order valence-corrected chi connectivity index (χ1v) is 8.43. The molecule has 1 saturated heterocycles. The zero-order chi connectivity index (χ0) is 14.9. The van der Waals surface area contributed by atoms with Crippen LogP contribution in [0, 0.1) is 6.92 Å². The summed E-state index contributed by atoms with van der Waals surface area (Å²) in [5.41, 5.74) is 1.26. The zero-order valence-corrected chi connectivity index (χ0v) is 13.6. The summed E-state index contributed by atoms with van der Waals surface area (Å²) in [4.78, 5) is 2.54. The van der Waals surface area contributed by atoms with Crippen molar-refractivity contribution in [2.45, 2.75) is 45.6 Å². The van der Waals surface area contributed by atoms with Crippen LogP contribution in [0.3, 0.4) is 0 Å². The number of ether oxygens (including phenoxy) is 1. The molecule has 0 aliphatic carbocycles. The van der Waals surface area contributed by atoms with Gasteiger partial charge in [0.15, 0.2) is 0 Å². The number of hydrogen-bond donors (Lipinski definition) is 1. The monoisotopic (exact) mass is 290 g/mol. The SMILES string of the molecule is CCN(CCCOc1cccc(C)c1)CC1CCCCN1. The third-order valence-electron chi connectivity index (χ3n) is 4.22. The largest absolute Gasteiger partial charge is 0.494 e. The van der Waals surface area contributed by atoms with Crippen LogP contribution in [-0.4, -0.2) is 43.7 Å². The van der Waals surface area contributed by atoms with E-state index in [1.165, 1.54) is 37.9 Å². The third kappa shape index (κ3) is 6.06. The second-order valence-corrected chi connectivity index (χ2v) is 6.06. The molecular weight excluding hydrogens is 260 g/mol. The van der Waals surface area contributed by atoms with E-state index in [4.69, 9.17) is 4.74 Å². The van der Waals surface area contributed by atoms with E-state index in [2.05, 4.69) is 42.3 Å². The second kappa shape index (κ2) is 9.06. The molecule has 1 fully saturated rings. The number of nitrogens with one attached hydrogen (secondary N) is 1. The van der Waals surface area contributed by atoms with Crippen LogP contribution in [0.2, 0.25) is 0 Å². The minimum Gasteiger partial charge on any atom is -0.494 e. The molecule has 118 valence electrons. The van der Waals surface area contributed by atoms with E-state index in [0.717, 1.165) is 31.9 Å². The van der Waals surface area contributed by atoms with Crippen LogP contribution in [0.5, 0.6) is 5.75 Å². The molecule has 1 unspecified atom stereocenters. The summed E-state index contributed by atoms with van der Waals surface area (Å²) in [6, 6.07) is 8.98. The molecule has 1 aliphatic heterocycles. The predicted octanol–water partition coefficient (Wildman–Crippen LogP) is 3.23. The fraction of sp³-hybridized carbons (Fsp3) is 0.667. The van der Waals surface area contributed by atoms with Crippen molar-refractivity contribution in [1.29, 1.82) is 0 Å². The van der Waals surface area contributed by atoms with Gasteiger partial charge in [-0.2, -0.15) is 0 Å². The van der Waals surface area contributed by atoms with Gasteiger partial charge in [0.25, 0.3) is 0 Å². The number of nitrogens with zero attached hydrogens (tertiary/aromatic N) is 1. The maximum atomic E-state index is 5.83. The highest BCUT2D eigenvalue weighted by Crippen LogP contribution is 2.13. The Kier molecular flexibility index (Phi) is 7.04. The van der Waals surface area contributed by atoms with Gasteiger partial charge in [0, 0.05) is 19.1 Å². The maximum absolute atomic E-state index is 5.83. The molecule has 0 saturated carbocycles. The Balaban J connectivity index is 1.63. The Morgan fingerprint density at radius 1 is 1.33 bits per heavy atom. The number of likely N-dealkylation sites (N-methyl/N-ethyl adjacent to an activating group) is 1. The summed E-state index contributed by atoms with van der Waals surface area (Å²) in [5.74, 6) is 0.993. The topological polar surface area (TPSA) is 24.5 Å². The maximum Gasteiger partial charge on any atom is 0.119 e. The minimum absolute atomic E-state index is 0.691. The van der Waals surface area contributed by atoms with Crippen LogP contribution in [0.1, 0.15) is 38.2 Å². The van der Waals surface area contributed by atoms with Crippen molar-refractivity contribution in [3.63, 3.8) is 0 Å². The van der Waals surface area contributed by atoms with Gasteiger partial charge in [0.2, 0.25) is 0 Å². The number of hydrogen-bond acceptors (Lipinski definition) is 3. The van der Waals surface area contributed by atoms with Gasteiger partial charge in [0.1, 0.15) is 5.75 Å². The summed E-state index contributed by atoms with van der Waals surface area (Å²) in [5, 5.41) is 3.63. The fourth-order valence-corrected chi connectivity index (χ4v) is 2.95. The fourth-order valence-electron chi connectivity index (χ4n) is 2.95. The van der Waals surface area contributed by atoms with Gasteiger partial charge in [-0.3, -0.25) is 0 Å². The molecule has 3 nitrogen and oxygen atoms in total. The predicted molar refractivity (Wildman–Crippen MR) is 89.0 cm³/mol. The van der Waals surface area contributed by atoms with Crippen LogP contribution in [0.15, 0.2) is 24.3 Å². The summed E-state index contributed by atoms with van der Waals surface area (Å²) in [6.07, 6.45) is 5.14. The first kappa shape index (κ1) is 16.3. The van der Waals surface area contributed by atoms with Crippen LogP contribution >= 0.6 is 0 Å². The van der Waals surface area contributed by atoms with Crippen molar-refractivity contribution >= 4 is 0 Å². The van der Waals surface area contributed by atoms with E-state index in [0.29, 0.717) is 6.04 Å². The summed E-state index contributed by atoms with van der Waals surface area (Å²) in [7, 11) is 0. The van der Waals surface area contributed by atoms with Crippen LogP contribution in [0.4, 0.5) is 0 Å². The van der Waals surface area contributed by atoms with Gasteiger partial charge in [-0.1, -0.05) is 25.5 Å². The standard InChI is InChI=1S/C18H30N2O/c1-3-20(15-17-9-4-5-11-19-17)12-7-13-21-18-10-6-8-16(2)14-18/h6,8,10,14,17,19H,3-5,7,9,11-13,15H2,1-2H3. The van der Waals surface area contributed by atoms with Crippen molar-refractivity contribution in [3.05, 3.63) is 29.8 Å². The van der Waals surface area contributed by atoms with Gasteiger partial charge in [-0.15, -0.1) is 0 Å². The molecule has 0 amide bonds. The van der Waals surface area contributed by atoms with E-state index >= 15 is 0 Å². The van der Waals surface area contributed by atoms with Gasteiger partial charge >= 0.3 is 0 Å². The van der Waals surface area contributed by atoms with Crippen molar-refractivity contribution in [2.75, 3.05) is 32.8 Å². The summed E-state index contributed by atoms with van der Waals surface area (Å²) >= 11 is 0. The first-order valence-electron chi connectivity index (χ1n) is 8.43. The average Bonchev–Trinajstić information content (AvgIpc) is 2.51. The van der Waals surface area contributed by atoms with Crippen LogP contribution in [-0.2, 0) is 0 Å². The number of aryl methyl sites for hydroxylation is 1. The summed E-state index contributed by atoms with van der Waals surface area (Å²) < 4.78 is 5.83. The Morgan fingerprint density at radius 2 is 2.24 bits per heavy atom. The molecule has 0 bridgehead atoms. The lowest BCUT2D eigenvalue weighted by atomic mass is 10.0. The first-order chi connectivity index (χ1) is 10.3. The number of rotatable bonds is 8. The molecule has 3 heteroatoms. The number of piperidine rings is 1. The molecule has 0 aromatic heterocycles. The van der Waals surface area contributed by atoms with E-state index < -0.39 is 0 Å². The Morgan fingerprint density at radius 3 is 2.95 bits per heavy atom. The van der Waals surface area contributed by atoms with E-state index in [1.807, 2.05) is 6.07 Å². The molecule has 1 aromatic carbocycles. The normalized spacial score (nSPS) is 18.9. The highest BCUT2D eigenvalue weighted by Gasteiger charge is 2.15. The molecule has 21 heavy (non-hydrogen) atoms. The van der Waals surface area contributed by atoms with Gasteiger partial charge in [-0.05, 0) is 57.0 Å². The Hall–Kier alpha value is -1.06. The van der Waals surface area contributed by atoms with Gasteiger partial charge < -0.3 is 15.0 Å². The van der Waals surface area contributed by atoms with Crippen molar-refractivity contribution in [3.8, 4) is 5.75 Å². The molecule has 0 spiro atoms. The lowest BCUT2D eigenvalue weighted by molar-refractivity contribution is 0.210. The van der Waals surface area contributed by atoms with Crippen molar-refractivity contribution in [2.24, 2.45) is 0 Å². The molecule has 2 rings (SSSR count). The molecular formula is C18H30N2O. The second-order valence-electron chi connectivity index (χ2n) is 6.06. The summed E-state index contributed by atoms with van der Waals surface area (Å²) in [6.45, 7) is 9.79.